The van der Waals surface area contributed by atoms with E-state index in [-0.39, 0.29) is 5.91 Å². The highest BCUT2D eigenvalue weighted by molar-refractivity contribution is 7.14. The van der Waals surface area contributed by atoms with E-state index in [4.69, 9.17) is 9.47 Å². The molecule has 1 aromatic heterocycles. The van der Waals surface area contributed by atoms with Gasteiger partial charge in [-0.05, 0) is 60.5 Å². The maximum Gasteiger partial charge on any atom is 0.250 e. The summed E-state index contributed by atoms with van der Waals surface area (Å²) in [6.45, 7) is 3.10. The second-order valence-electron chi connectivity index (χ2n) is 7.16. The molecule has 0 saturated carbocycles. The fourth-order valence-electron chi connectivity index (χ4n) is 3.09. The van der Waals surface area contributed by atoms with E-state index in [2.05, 4.69) is 10.3 Å². The molecule has 1 amide bonds. The maximum absolute atomic E-state index is 12.3. The minimum absolute atomic E-state index is 0.230. The molecule has 1 N–H and O–H groups in total. The molecular formula is C27H24N2O3S. The van der Waals surface area contributed by atoms with Gasteiger partial charge in [-0.2, -0.15) is 0 Å². The van der Waals surface area contributed by atoms with Gasteiger partial charge < -0.3 is 9.47 Å². The lowest BCUT2D eigenvalue weighted by Gasteiger charge is -2.06. The van der Waals surface area contributed by atoms with Crippen LogP contribution < -0.4 is 14.8 Å². The molecule has 1 heterocycles. The first-order valence-electron chi connectivity index (χ1n) is 10.6. The Labute approximate surface area is 197 Å². The summed E-state index contributed by atoms with van der Waals surface area (Å²) in [5.74, 6) is 1.38. The topological polar surface area (TPSA) is 60.5 Å². The second-order valence-corrected chi connectivity index (χ2v) is 8.02. The van der Waals surface area contributed by atoms with E-state index in [0.717, 1.165) is 33.9 Å². The second kappa shape index (κ2) is 11.1. The number of anilines is 1. The summed E-state index contributed by atoms with van der Waals surface area (Å²) in [7, 11) is 0. The Hall–Kier alpha value is -3.90. The average molecular weight is 457 g/mol. The molecule has 0 aliphatic rings. The molecule has 0 radical (unpaired) electrons. The Balaban J connectivity index is 1.29. The molecular weight excluding hydrogens is 432 g/mol. The fraction of sp³-hybridized carbons (Fsp3) is 0.111. The fourth-order valence-corrected chi connectivity index (χ4v) is 3.81. The molecule has 0 unspecified atom stereocenters. The third-order valence-corrected chi connectivity index (χ3v) is 5.51. The van der Waals surface area contributed by atoms with Gasteiger partial charge in [0.25, 0.3) is 0 Å². The Morgan fingerprint density at radius 2 is 1.64 bits per heavy atom. The van der Waals surface area contributed by atoms with E-state index in [1.54, 1.807) is 6.08 Å². The van der Waals surface area contributed by atoms with Crippen LogP contribution in [0.2, 0.25) is 0 Å². The van der Waals surface area contributed by atoms with E-state index in [1.165, 1.54) is 17.4 Å². The van der Waals surface area contributed by atoms with Crippen LogP contribution in [0.5, 0.6) is 11.5 Å². The molecule has 0 atom stereocenters. The first-order chi connectivity index (χ1) is 16.2. The maximum atomic E-state index is 12.3. The van der Waals surface area contributed by atoms with Crippen molar-refractivity contribution in [2.75, 3.05) is 11.9 Å². The van der Waals surface area contributed by atoms with Crippen LogP contribution in [0.25, 0.3) is 17.3 Å². The highest BCUT2D eigenvalue weighted by Gasteiger charge is 2.07. The van der Waals surface area contributed by atoms with Crippen LogP contribution in [-0.2, 0) is 11.4 Å². The number of hydrogen-bond donors (Lipinski definition) is 1. The Bertz CT molecular complexity index is 1200. The van der Waals surface area contributed by atoms with Crippen LogP contribution in [0.3, 0.4) is 0 Å². The Morgan fingerprint density at radius 3 is 2.36 bits per heavy atom. The zero-order valence-electron chi connectivity index (χ0n) is 18.2. The predicted molar refractivity (Wildman–Crippen MR) is 134 cm³/mol. The molecule has 6 heteroatoms. The molecule has 0 bridgehead atoms. The molecule has 0 aliphatic carbocycles. The standard InChI is InChI=1S/C27H24N2O3S/c1-2-31-23-15-11-22(12-16-23)25-19-33-27(28-25)29-26(30)17-10-20-8-13-24(14-9-20)32-18-21-6-4-3-5-7-21/h3-17,19H,2,18H2,1H3,(H,28,29,30). The van der Waals surface area contributed by atoms with Gasteiger partial charge in [0.2, 0.25) is 5.91 Å². The summed E-state index contributed by atoms with van der Waals surface area (Å²) in [4.78, 5) is 16.8. The summed E-state index contributed by atoms with van der Waals surface area (Å²) in [5, 5.41) is 5.29. The van der Waals surface area contributed by atoms with Crippen molar-refractivity contribution in [1.82, 2.24) is 4.98 Å². The zero-order valence-corrected chi connectivity index (χ0v) is 19.0. The van der Waals surface area contributed by atoms with Crippen LogP contribution in [0.1, 0.15) is 18.1 Å². The summed E-state index contributed by atoms with van der Waals surface area (Å²) in [6, 6.07) is 25.4. The van der Waals surface area contributed by atoms with Crippen molar-refractivity contribution in [2.45, 2.75) is 13.5 Å². The van der Waals surface area contributed by atoms with Crippen molar-refractivity contribution in [1.29, 1.82) is 0 Å². The third kappa shape index (κ3) is 6.54. The zero-order chi connectivity index (χ0) is 22.9. The van der Waals surface area contributed by atoms with Gasteiger partial charge in [0.05, 0.1) is 12.3 Å². The third-order valence-electron chi connectivity index (χ3n) is 4.75. The number of hydrogen-bond acceptors (Lipinski definition) is 5. The highest BCUT2D eigenvalue weighted by atomic mass is 32.1. The van der Waals surface area contributed by atoms with Crippen LogP contribution in [0.15, 0.2) is 90.3 Å². The van der Waals surface area contributed by atoms with Crippen LogP contribution in [0.4, 0.5) is 5.13 Å². The largest absolute Gasteiger partial charge is 0.494 e. The highest BCUT2D eigenvalue weighted by Crippen LogP contribution is 2.26. The Morgan fingerprint density at radius 1 is 0.939 bits per heavy atom. The van der Waals surface area contributed by atoms with Gasteiger partial charge in [0, 0.05) is 17.0 Å². The van der Waals surface area contributed by atoms with Crippen molar-refractivity contribution >= 4 is 28.5 Å². The van der Waals surface area contributed by atoms with Gasteiger partial charge in [-0.1, -0.05) is 42.5 Å². The van der Waals surface area contributed by atoms with Crippen molar-refractivity contribution in [2.24, 2.45) is 0 Å². The van der Waals surface area contributed by atoms with Gasteiger partial charge in [-0.3, -0.25) is 10.1 Å². The lowest BCUT2D eigenvalue weighted by molar-refractivity contribution is -0.111. The number of nitrogens with one attached hydrogen (secondary N) is 1. The smallest absolute Gasteiger partial charge is 0.250 e. The molecule has 3 aromatic carbocycles. The minimum Gasteiger partial charge on any atom is -0.494 e. The SMILES string of the molecule is CCOc1ccc(-c2csc(NC(=O)C=Cc3ccc(OCc4ccccc4)cc3)n2)cc1. The lowest BCUT2D eigenvalue weighted by Crippen LogP contribution is -2.07. The van der Waals surface area contributed by atoms with Gasteiger partial charge in [0.1, 0.15) is 18.1 Å². The van der Waals surface area contributed by atoms with Crippen molar-refractivity contribution in [3.63, 3.8) is 0 Å². The molecule has 0 saturated heterocycles. The van der Waals surface area contributed by atoms with Gasteiger partial charge >= 0.3 is 0 Å². The van der Waals surface area contributed by atoms with Crippen molar-refractivity contribution in [3.05, 3.63) is 101 Å². The monoisotopic (exact) mass is 456 g/mol. The van der Waals surface area contributed by atoms with E-state index in [0.29, 0.717) is 18.3 Å². The van der Waals surface area contributed by atoms with E-state index in [9.17, 15) is 4.79 Å². The van der Waals surface area contributed by atoms with Crippen molar-refractivity contribution in [3.8, 4) is 22.8 Å². The van der Waals surface area contributed by atoms with Gasteiger partial charge in [-0.25, -0.2) is 4.98 Å². The number of benzene rings is 3. The van der Waals surface area contributed by atoms with Gasteiger partial charge in [-0.15, -0.1) is 11.3 Å². The molecule has 166 valence electrons. The van der Waals surface area contributed by atoms with Crippen LogP contribution in [0, 0.1) is 0 Å². The number of ether oxygens (including phenoxy) is 2. The average Bonchev–Trinajstić information content (AvgIpc) is 3.32. The number of carbonyl (C=O) groups is 1. The number of aromatic nitrogens is 1. The molecule has 5 nitrogen and oxygen atoms in total. The summed E-state index contributed by atoms with van der Waals surface area (Å²) < 4.78 is 11.3. The summed E-state index contributed by atoms with van der Waals surface area (Å²) in [6.07, 6.45) is 3.26. The quantitative estimate of drug-likeness (QED) is 0.295. The minimum atomic E-state index is -0.230. The first kappa shape index (κ1) is 22.3. The van der Waals surface area contributed by atoms with E-state index < -0.39 is 0 Å². The first-order valence-corrected chi connectivity index (χ1v) is 11.5. The van der Waals surface area contributed by atoms with Gasteiger partial charge in [0.15, 0.2) is 5.13 Å². The number of thiazole rings is 1. The number of amides is 1. The molecule has 4 aromatic rings. The molecule has 4 rings (SSSR count). The molecule has 0 fully saturated rings. The lowest BCUT2D eigenvalue weighted by atomic mass is 10.2. The molecule has 33 heavy (non-hydrogen) atoms. The predicted octanol–water partition coefficient (Wildman–Crippen LogP) is 6.44. The molecule has 0 spiro atoms. The molecule has 0 aliphatic heterocycles. The summed E-state index contributed by atoms with van der Waals surface area (Å²) in [5.41, 5.74) is 3.81. The number of nitrogens with zero attached hydrogens (tertiary/aromatic N) is 1. The van der Waals surface area contributed by atoms with E-state index in [1.807, 2.05) is 91.2 Å². The Kier molecular flexibility index (Phi) is 7.51. The van der Waals surface area contributed by atoms with E-state index >= 15 is 0 Å². The van der Waals surface area contributed by atoms with Crippen LogP contribution >= 0.6 is 11.3 Å². The summed E-state index contributed by atoms with van der Waals surface area (Å²) >= 11 is 1.39. The van der Waals surface area contributed by atoms with Crippen LogP contribution in [-0.4, -0.2) is 17.5 Å². The van der Waals surface area contributed by atoms with Crippen molar-refractivity contribution < 1.29 is 14.3 Å². The normalized spacial score (nSPS) is 10.8. The number of carbonyl (C=O) groups excluding carboxylic acids is 1. The number of rotatable bonds is 9.